The molecule has 0 radical (unpaired) electrons. The van der Waals surface area contributed by atoms with E-state index in [4.69, 9.17) is 5.11 Å². The number of hydrogen-bond acceptors (Lipinski definition) is 3. The maximum atomic E-state index is 11.5. The second kappa shape index (κ2) is 5.86. The molecule has 1 heterocycles. The summed E-state index contributed by atoms with van der Waals surface area (Å²) in [5.41, 5.74) is 2.25. The van der Waals surface area contributed by atoms with Crippen LogP contribution >= 0.6 is 0 Å². The third-order valence-electron chi connectivity index (χ3n) is 2.68. The molecule has 0 spiro atoms. The zero-order chi connectivity index (χ0) is 13.0. The van der Waals surface area contributed by atoms with Gasteiger partial charge in [0, 0.05) is 12.4 Å². The number of benzene rings is 1. The molecule has 4 nitrogen and oxygen atoms in total. The van der Waals surface area contributed by atoms with Crippen LogP contribution in [0.15, 0.2) is 48.8 Å². The van der Waals surface area contributed by atoms with Gasteiger partial charge in [-0.05, 0) is 28.8 Å². The number of nitrogens with zero attached hydrogens (tertiary/aromatic N) is 1. The molecule has 94 valence electrons. The molecule has 0 aliphatic heterocycles. The van der Waals surface area contributed by atoms with Crippen LogP contribution in [0.5, 0.6) is 0 Å². The Balaban J connectivity index is 2.39. The van der Waals surface area contributed by atoms with E-state index in [-0.39, 0.29) is 6.61 Å². The molecule has 0 saturated carbocycles. The van der Waals surface area contributed by atoms with Crippen molar-refractivity contribution in [2.75, 3.05) is 0 Å². The largest absolute Gasteiger partial charge is 0.392 e. The maximum Gasteiger partial charge on any atom is 0.165 e. The lowest BCUT2D eigenvalue weighted by Crippen LogP contribution is -2.07. The first-order valence-electron chi connectivity index (χ1n) is 5.41. The first-order chi connectivity index (χ1) is 8.72. The second-order valence-electron chi connectivity index (χ2n) is 3.84. The Labute approximate surface area is 108 Å². The molecule has 0 aliphatic carbocycles. The minimum Gasteiger partial charge on any atom is -0.392 e. The van der Waals surface area contributed by atoms with Gasteiger partial charge in [0.25, 0.3) is 0 Å². The summed E-state index contributed by atoms with van der Waals surface area (Å²) in [4.78, 5) is 3.89. The molecule has 0 saturated heterocycles. The van der Waals surface area contributed by atoms with Crippen molar-refractivity contribution in [2.45, 2.75) is 11.9 Å². The summed E-state index contributed by atoms with van der Waals surface area (Å²) in [6.45, 7) is -0.0393. The number of aromatic nitrogens is 1. The van der Waals surface area contributed by atoms with Crippen LogP contribution in [0.3, 0.4) is 0 Å². The Bertz CT molecular complexity index is 528. The standard InChI is InChI=1S/C13H13NO3S/c15-9-10-1-3-11(4-2-10)13(18(16)17)12-5-7-14-8-6-12/h1-8,13,15H,9H2,(H,16,17). The summed E-state index contributed by atoms with van der Waals surface area (Å²) in [6, 6.07) is 10.4. The number of aliphatic hydroxyl groups excluding tert-OH is 1. The summed E-state index contributed by atoms with van der Waals surface area (Å²) in [6.07, 6.45) is 3.19. The molecule has 2 atom stereocenters. The van der Waals surface area contributed by atoms with Gasteiger partial charge in [0.05, 0.1) is 6.61 Å². The quantitative estimate of drug-likeness (QED) is 0.826. The summed E-state index contributed by atoms with van der Waals surface area (Å²) >= 11 is -2.00. The van der Waals surface area contributed by atoms with E-state index in [0.29, 0.717) is 0 Å². The highest BCUT2D eigenvalue weighted by molar-refractivity contribution is 7.79. The van der Waals surface area contributed by atoms with E-state index in [9.17, 15) is 8.76 Å². The average molecular weight is 263 g/mol. The number of rotatable bonds is 4. The molecule has 2 aromatic rings. The van der Waals surface area contributed by atoms with Crippen LogP contribution in [-0.2, 0) is 17.7 Å². The van der Waals surface area contributed by atoms with E-state index in [1.165, 1.54) is 0 Å². The van der Waals surface area contributed by atoms with Crippen LogP contribution in [0.4, 0.5) is 0 Å². The summed E-state index contributed by atoms with van der Waals surface area (Å²) in [5.74, 6) is 0. The smallest absolute Gasteiger partial charge is 0.165 e. The molecule has 1 aromatic heterocycles. The van der Waals surface area contributed by atoms with E-state index >= 15 is 0 Å². The van der Waals surface area contributed by atoms with Crippen molar-refractivity contribution < 1.29 is 13.9 Å². The summed E-state index contributed by atoms with van der Waals surface area (Å²) in [5, 5.41) is 8.38. The Kier molecular flexibility index (Phi) is 4.19. The molecule has 1 aromatic carbocycles. The van der Waals surface area contributed by atoms with Gasteiger partial charge in [-0.25, -0.2) is 4.21 Å². The van der Waals surface area contributed by atoms with Crippen LogP contribution < -0.4 is 0 Å². The monoisotopic (exact) mass is 263 g/mol. The molecule has 2 rings (SSSR count). The second-order valence-corrected chi connectivity index (χ2v) is 4.86. The van der Waals surface area contributed by atoms with Gasteiger partial charge in [0.1, 0.15) is 5.25 Å². The fourth-order valence-corrected chi connectivity index (χ4v) is 2.54. The van der Waals surface area contributed by atoms with Crippen molar-refractivity contribution >= 4 is 11.1 Å². The van der Waals surface area contributed by atoms with Crippen LogP contribution in [0, 0.1) is 0 Å². The molecule has 0 aliphatic rings. The zero-order valence-electron chi connectivity index (χ0n) is 9.56. The molecule has 5 heteroatoms. The van der Waals surface area contributed by atoms with Crippen LogP contribution in [0.2, 0.25) is 0 Å². The molecule has 2 N–H and O–H groups in total. The SMILES string of the molecule is O=S(O)C(c1ccncc1)c1ccc(CO)cc1. The fourth-order valence-electron chi connectivity index (χ4n) is 1.76. The first kappa shape index (κ1) is 12.9. The van der Waals surface area contributed by atoms with Gasteiger partial charge < -0.3 is 9.66 Å². The van der Waals surface area contributed by atoms with Crippen molar-refractivity contribution in [3.05, 3.63) is 65.5 Å². The number of pyridine rings is 1. The van der Waals surface area contributed by atoms with E-state index < -0.39 is 16.3 Å². The molecule has 0 fully saturated rings. The lowest BCUT2D eigenvalue weighted by atomic mass is 10.0. The van der Waals surface area contributed by atoms with Gasteiger partial charge >= 0.3 is 0 Å². The van der Waals surface area contributed by atoms with Crippen molar-refractivity contribution in [3.63, 3.8) is 0 Å². The van der Waals surface area contributed by atoms with Crippen molar-refractivity contribution in [2.24, 2.45) is 0 Å². The normalized spacial score (nSPS) is 14.1. The lowest BCUT2D eigenvalue weighted by Gasteiger charge is -2.14. The third-order valence-corrected chi connectivity index (χ3v) is 3.62. The fraction of sp³-hybridized carbons (Fsp3) is 0.154. The highest BCUT2D eigenvalue weighted by Gasteiger charge is 2.19. The molecular weight excluding hydrogens is 250 g/mol. The molecular formula is C13H13NO3S. The Hall–Kier alpha value is -1.56. The predicted octanol–water partition coefficient (Wildman–Crippen LogP) is 1.89. The summed E-state index contributed by atoms with van der Waals surface area (Å²) in [7, 11) is 0. The van der Waals surface area contributed by atoms with E-state index in [2.05, 4.69) is 4.98 Å². The Morgan fingerprint density at radius 2 is 1.61 bits per heavy atom. The lowest BCUT2D eigenvalue weighted by molar-refractivity contribution is 0.282. The zero-order valence-corrected chi connectivity index (χ0v) is 10.4. The summed E-state index contributed by atoms with van der Waals surface area (Å²) < 4.78 is 20.9. The first-order valence-corrected chi connectivity index (χ1v) is 6.58. The average Bonchev–Trinajstić information content (AvgIpc) is 2.40. The van der Waals surface area contributed by atoms with Crippen molar-refractivity contribution in [3.8, 4) is 0 Å². The maximum absolute atomic E-state index is 11.5. The Morgan fingerprint density at radius 3 is 2.11 bits per heavy atom. The van der Waals surface area contributed by atoms with Crippen LogP contribution in [0.1, 0.15) is 21.9 Å². The molecule has 0 amide bonds. The Morgan fingerprint density at radius 1 is 1.06 bits per heavy atom. The van der Waals surface area contributed by atoms with Gasteiger partial charge in [-0.2, -0.15) is 0 Å². The van der Waals surface area contributed by atoms with Crippen molar-refractivity contribution in [1.29, 1.82) is 0 Å². The van der Waals surface area contributed by atoms with Crippen molar-refractivity contribution in [1.82, 2.24) is 4.98 Å². The van der Waals surface area contributed by atoms with Gasteiger partial charge in [0.15, 0.2) is 11.1 Å². The van der Waals surface area contributed by atoms with E-state index in [1.807, 2.05) is 0 Å². The number of aliphatic hydroxyl groups is 1. The minimum atomic E-state index is -2.00. The molecule has 2 unspecified atom stereocenters. The van der Waals surface area contributed by atoms with Gasteiger partial charge in [0.2, 0.25) is 0 Å². The van der Waals surface area contributed by atoms with Gasteiger partial charge in [-0.15, -0.1) is 0 Å². The molecule has 0 bridgehead atoms. The van der Waals surface area contributed by atoms with Crippen LogP contribution in [-0.4, -0.2) is 18.9 Å². The van der Waals surface area contributed by atoms with Gasteiger partial charge in [-0.1, -0.05) is 24.3 Å². The van der Waals surface area contributed by atoms with Gasteiger partial charge in [-0.3, -0.25) is 4.98 Å². The third kappa shape index (κ3) is 2.81. The highest BCUT2D eigenvalue weighted by Crippen LogP contribution is 2.27. The van der Waals surface area contributed by atoms with E-state index in [1.54, 1.807) is 48.8 Å². The predicted molar refractivity (Wildman–Crippen MR) is 69.2 cm³/mol. The van der Waals surface area contributed by atoms with E-state index in [0.717, 1.165) is 16.7 Å². The topological polar surface area (TPSA) is 70.4 Å². The van der Waals surface area contributed by atoms with Crippen LogP contribution in [0.25, 0.3) is 0 Å². The minimum absolute atomic E-state index is 0.0393. The number of hydrogen-bond donors (Lipinski definition) is 2. The molecule has 18 heavy (non-hydrogen) atoms. The highest BCUT2D eigenvalue weighted by atomic mass is 32.2.